The van der Waals surface area contributed by atoms with Crippen molar-refractivity contribution in [1.29, 1.82) is 0 Å². The van der Waals surface area contributed by atoms with E-state index in [0.717, 1.165) is 12.8 Å². The van der Waals surface area contributed by atoms with Crippen molar-refractivity contribution in [1.82, 2.24) is 0 Å². The first-order valence-electron chi connectivity index (χ1n) is 5.90. The maximum atomic E-state index is 11.4. The molecule has 0 aliphatic heterocycles. The highest BCUT2D eigenvalue weighted by Gasteiger charge is 2.40. The largest absolute Gasteiger partial charge is 0.481 e. The molecular formula is C19H48O3. The van der Waals surface area contributed by atoms with Gasteiger partial charge in [0.05, 0.1) is 5.41 Å². The van der Waals surface area contributed by atoms with Crippen LogP contribution in [0.1, 0.15) is 105 Å². The summed E-state index contributed by atoms with van der Waals surface area (Å²) in [6.07, 6.45) is 2.90. The number of rotatable bonds is 7. The number of aliphatic carboxylic acids is 1. The Labute approximate surface area is 142 Å². The number of hydrogen-bond donors (Lipinski definition) is 1. The molecule has 0 aromatic heterocycles. The van der Waals surface area contributed by atoms with Crippen LogP contribution in [0, 0.1) is 10.8 Å². The molecule has 0 aromatic carbocycles. The van der Waals surface area contributed by atoms with Gasteiger partial charge in [-0.15, -0.1) is 0 Å². The van der Waals surface area contributed by atoms with Crippen LogP contribution in [0.25, 0.3) is 0 Å². The maximum absolute atomic E-state index is 11.4. The molecule has 0 radical (unpaired) electrons. The normalized spacial score (nSPS) is 11.3. The molecule has 3 heteroatoms. The minimum absolute atomic E-state index is 0. The van der Waals surface area contributed by atoms with Crippen LogP contribution >= 0.6 is 0 Å². The van der Waals surface area contributed by atoms with Crippen LogP contribution in [0.4, 0.5) is 0 Å². The van der Waals surface area contributed by atoms with Crippen molar-refractivity contribution in [2.45, 2.75) is 105 Å². The molecule has 0 bridgehead atoms. The van der Waals surface area contributed by atoms with Gasteiger partial charge in [0.2, 0.25) is 0 Å². The van der Waals surface area contributed by atoms with Gasteiger partial charge in [-0.3, -0.25) is 9.59 Å². The van der Waals surface area contributed by atoms with Crippen LogP contribution in [0.2, 0.25) is 0 Å². The van der Waals surface area contributed by atoms with E-state index in [4.69, 9.17) is 0 Å². The lowest BCUT2D eigenvalue weighted by atomic mass is 9.70. The Balaban J connectivity index is -0.0000000750. The molecule has 0 spiro atoms. The Hall–Kier alpha value is -0.860. The van der Waals surface area contributed by atoms with Crippen molar-refractivity contribution < 1.29 is 14.7 Å². The lowest BCUT2D eigenvalue weighted by molar-refractivity contribution is -0.151. The second kappa shape index (κ2) is 16.5. The summed E-state index contributed by atoms with van der Waals surface area (Å²) in [6.45, 7) is 8.96. The summed E-state index contributed by atoms with van der Waals surface area (Å²) in [4.78, 5) is 22.8. The van der Waals surface area contributed by atoms with Crippen LogP contribution in [0.3, 0.4) is 0 Å². The highest BCUT2D eigenvalue weighted by molar-refractivity contribution is 5.83. The summed E-state index contributed by atoms with van der Waals surface area (Å²) in [5.74, 6) is -0.744. The van der Waals surface area contributed by atoms with Gasteiger partial charge in [-0.25, -0.2) is 0 Å². The fourth-order valence-electron chi connectivity index (χ4n) is 1.94. The molecule has 0 saturated carbocycles. The number of carboxylic acid groups (broad SMARTS) is 1. The van der Waals surface area contributed by atoms with Crippen LogP contribution in [0.5, 0.6) is 0 Å². The van der Waals surface area contributed by atoms with E-state index in [9.17, 15) is 14.7 Å². The number of carboxylic acids is 1. The molecule has 0 amide bonds. The molecule has 0 saturated heterocycles. The molecule has 0 aliphatic carbocycles. The molecule has 0 rings (SSSR count). The summed E-state index contributed by atoms with van der Waals surface area (Å²) in [6, 6.07) is 0. The second-order valence-corrected chi connectivity index (χ2v) is 5.59. The molecule has 1 unspecified atom stereocenters. The van der Waals surface area contributed by atoms with Crippen molar-refractivity contribution in [3.63, 3.8) is 0 Å². The van der Waals surface area contributed by atoms with E-state index >= 15 is 0 Å². The van der Waals surface area contributed by atoms with Crippen molar-refractivity contribution in [3.8, 4) is 0 Å². The predicted octanol–water partition coefficient (Wildman–Crippen LogP) is 7.09. The topological polar surface area (TPSA) is 54.4 Å². The van der Waals surface area contributed by atoms with Crippen molar-refractivity contribution >= 4 is 11.8 Å². The van der Waals surface area contributed by atoms with E-state index in [0.29, 0.717) is 12.8 Å². The molecule has 0 aromatic rings. The van der Waals surface area contributed by atoms with E-state index in [1.807, 2.05) is 20.8 Å². The lowest BCUT2D eigenvalue weighted by Crippen LogP contribution is -2.36. The molecule has 1 atom stereocenters. The second-order valence-electron chi connectivity index (χ2n) is 5.59. The first-order valence-corrected chi connectivity index (χ1v) is 5.90. The Bertz CT molecular complexity index is 270. The Morgan fingerprint density at radius 3 is 1.50 bits per heavy atom. The number of carbonyl (C=O) groups excluding carboxylic acids is 1. The van der Waals surface area contributed by atoms with Gasteiger partial charge in [-0.05, 0) is 26.7 Å². The summed E-state index contributed by atoms with van der Waals surface area (Å²) in [7, 11) is 0. The number of unbranched alkanes of at least 4 members (excludes halogenated alkanes) is 1. The summed E-state index contributed by atoms with van der Waals surface area (Å²) in [5, 5.41) is 9.29. The van der Waals surface area contributed by atoms with E-state index in [1.54, 1.807) is 6.92 Å². The SMILES string of the molecule is C.C.C.C.C.C.CCCCC(C)(CC(C)(C)C(C)=O)C(=O)O. The van der Waals surface area contributed by atoms with Gasteiger partial charge in [0.25, 0.3) is 0 Å². The third-order valence-electron chi connectivity index (χ3n) is 3.38. The smallest absolute Gasteiger partial charge is 0.309 e. The zero-order valence-electron chi connectivity index (χ0n) is 11.1. The van der Waals surface area contributed by atoms with Gasteiger partial charge in [0, 0.05) is 5.41 Å². The molecule has 1 N–H and O–H groups in total. The monoisotopic (exact) mass is 324 g/mol. The quantitative estimate of drug-likeness (QED) is 0.543. The molecule has 0 aliphatic rings. The molecule has 3 nitrogen and oxygen atoms in total. The maximum Gasteiger partial charge on any atom is 0.309 e. The molecule has 142 valence electrons. The number of Topliss-reactive ketones (excluding diaryl/α,β-unsaturated/α-hetero) is 1. The van der Waals surface area contributed by atoms with Crippen LogP contribution in [-0.2, 0) is 9.59 Å². The first kappa shape index (κ1) is 42.9. The number of carbonyl (C=O) groups is 2. The lowest BCUT2D eigenvalue weighted by Gasteiger charge is -2.33. The number of hydrogen-bond acceptors (Lipinski definition) is 2. The standard InChI is InChI=1S/C13H24O3.6CH4/c1-6-7-8-13(5,11(15)16)9-12(3,4)10(2)14;;;;;;/h6-9H2,1-5H3,(H,15,16);6*1H4. The van der Waals surface area contributed by atoms with E-state index in [1.165, 1.54) is 6.92 Å². The number of ketones is 1. The average Bonchev–Trinajstić information content (AvgIpc) is 2.13. The van der Waals surface area contributed by atoms with Gasteiger partial charge < -0.3 is 5.11 Å². The third kappa shape index (κ3) is 12.8. The van der Waals surface area contributed by atoms with E-state index < -0.39 is 16.8 Å². The van der Waals surface area contributed by atoms with Gasteiger partial charge in [-0.2, -0.15) is 0 Å². The highest BCUT2D eigenvalue weighted by atomic mass is 16.4. The van der Waals surface area contributed by atoms with Gasteiger partial charge in [-0.1, -0.05) is 78.2 Å². The van der Waals surface area contributed by atoms with Crippen LogP contribution < -0.4 is 0 Å². The summed E-state index contributed by atoms with van der Waals surface area (Å²) in [5.41, 5.74) is -1.34. The highest BCUT2D eigenvalue weighted by Crippen LogP contribution is 2.38. The van der Waals surface area contributed by atoms with Gasteiger partial charge in [0.1, 0.15) is 5.78 Å². The van der Waals surface area contributed by atoms with E-state index in [2.05, 4.69) is 0 Å². The summed E-state index contributed by atoms with van der Waals surface area (Å²) < 4.78 is 0. The van der Waals surface area contributed by atoms with Crippen LogP contribution in [0.15, 0.2) is 0 Å². The summed E-state index contributed by atoms with van der Waals surface area (Å²) >= 11 is 0. The minimum atomic E-state index is -0.796. The van der Waals surface area contributed by atoms with Crippen molar-refractivity contribution in [2.75, 3.05) is 0 Å². The fourth-order valence-corrected chi connectivity index (χ4v) is 1.94. The molecule has 0 heterocycles. The average molecular weight is 325 g/mol. The fraction of sp³-hybridized carbons (Fsp3) is 0.895. The molecule has 22 heavy (non-hydrogen) atoms. The molecular weight excluding hydrogens is 276 g/mol. The predicted molar refractivity (Wildman–Crippen MR) is 105 cm³/mol. The Morgan fingerprint density at radius 1 is 0.909 bits per heavy atom. The van der Waals surface area contributed by atoms with Gasteiger partial charge >= 0.3 is 5.97 Å². The van der Waals surface area contributed by atoms with Crippen molar-refractivity contribution in [3.05, 3.63) is 0 Å². The Morgan fingerprint density at radius 2 is 1.27 bits per heavy atom. The molecule has 0 fully saturated rings. The van der Waals surface area contributed by atoms with Gasteiger partial charge in [0.15, 0.2) is 0 Å². The zero-order chi connectivity index (χ0) is 13.0. The van der Waals surface area contributed by atoms with Crippen LogP contribution in [-0.4, -0.2) is 16.9 Å². The zero-order valence-corrected chi connectivity index (χ0v) is 11.1. The minimum Gasteiger partial charge on any atom is -0.481 e. The van der Waals surface area contributed by atoms with Crippen molar-refractivity contribution in [2.24, 2.45) is 10.8 Å². The first-order chi connectivity index (χ1) is 7.15. The Kier molecular flexibility index (Phi) is 32.2. The third-order valence-corrected chi connectivity index (χ3v) is 3.38. The van der Waals surface area contributed by atoms with E-state index in [-0.39, 0.29) is 50.3 Å².